The van der Waals surface area contributed by atoms with Gasteiger partial charge in [0.1, 0.15) is 5.84 Å². The van der Waals surface area contributed by atoms with Gasteiger partial charge in [0.15, 0.2) is 0 Å². The Bertz CT molecular complexity index is 166. The molecule has 1 fully saturated rings. The monoisotopic (exact) mass is 172 g/mol. The van der Waals surface area contributed by atoms with E-state index in [1.165, 1.54) is 12.8 Å². The maximum absolute atomic E-state index is 8.28. The van der Waals surface area contributed by atoms with Gasteiger partial charge >= 0.3 is 0 Å². The Hall–Kier alpha value is -0.770. The molecule has 3 N–H and O–H groups in total. The van der Waals surface area contributed by atoms with Crippen LogP contribution in [0.4, 0.5) is 0 Å². The first-order valence-corrected chi connectivity index (χ1v) is 4.30. The lowest BCUT2D eigenvalue weighted by Gasteiger charge is -2.10. The molecule has 0 saturated heterocycles. The fourth-order valence-corrected chi connectivity index (χ4v) is 0.979. The number of nitrogens with two attached hydrogens (primary N) is 1. The first-order valence-electron chi connectivity index (χ1n) is 4.30. The zero-order valence-electron chi connectivity index (χ0n) is 7.36. The lowest BCUT2D eigenvalue weighted by molar-refractivity contribution is 0.0625. The standard InChI is InChI=1S/C8H16N2O2/c1-6(4-8(9)10-11)12-5-7-2-3-7/h6-7,11H,2-5H2,1H3,(H2,9,10). The van der Waals surface area contributed by atoms with Crippen molar-refractivity contribution in [3.8, 4) is 0 Å². The molecule has 0 spiro atoms. The predicted octanol–water partition coefficient (Wildman–Crippen LogP) is 0.938. The van der Waals surface area contributed by atoms with Crippen molar-refractivity contribution in [2.45, 2.75) is 32.3 Å². The molecule has 0 heterocycles. The maximum Gasteiger partial charge on any atom is 0.141 e. The average Bonchev–Trinajstić information content (AvgIpc) is 2.83. The molecule has 1 saturated carbocycles. The van der Waals surface area contributed by atoms with Gasteiger partial charge in [-0.2, -0.15) is 0 Å². The van der Waals surface area contributed by atoms with Crippen molar-refractivity contribution in [2.75, 3.05) is 6.61 Å². The number of rotatable bonds is 5. The molecule has 4 nitrogen and oxygen atoms in total. The van der Waals surface area contributed by atoms with Crippen LogP contribution in [0.15, 0.2) is 5.16 Å². The molecule has 0 radical (unpaired) electrons. The zero-order chi connectivity index (χ0) is 8.97. The molecule has 0 aliphatic heterocycles. The highest BCUT2D eigenvalue weighted by atomic mass is 16.5. The van der Waals surface area contributed by atoms with Crippen LogP contribution in [0.1, 0.15) is 26.2 Å². The molecule has 12 heavy (non-hydrogen) atoms. The highest BCUT2D eigenvalue weighted by Gasteiger charge is 2.22. The average molecular weight is 172 g/mol. The van der Waals surface area contributed by atoms with Crippen LogP contribution in [0.5, 0.6) is 0 Å². The molecule has 0 amide bonds. The van der Waals surface area contributed by atoms with Gasteiger partial charge in [-0.15, -0.1) is 0 Å². The van der Waals surface area contributed by atoms with Crippen LogP contribution in [0.3, 0.4) is 0 Å². The van der Waals surface area contributed by atoms with Crippen molar-refractivity contribution in [1.82, 2.24) is 0 Å². The Balaban J connectivity index is 2.05. The van der Waals surface area contributed by atoms with E-state index in [0.717, 1.165) is 12.5 Å². The molecule has 0 aromatic carbocycles. The molecule has 70 valence electrons. The summed E-state index contributed by atoms with van der Waals surface area (Å²) in [6, 6.07) is 0. The predicted molar refractivity (Wildman–Crippen MR) is 46.2 cm³/mol. The molecular weight excluding hydrogens is 156 g/mol. The van der Waals surface area contributed by atoms with Crippen LogP contribution >= 0.6 is 0 Å². The second-order valence-electron chi connectivity index (χ2n) is 3.38. The van der Waals surface area contributed by atoms with Crippen molar-refractivity contribution in [1.29, 1.82) is 0 Å². The number of hydrogen-bond donors (Lipinski definition) is 2. The van der Waals surface area contributed by atoms with Crippen molar-refractivity contribution < 1.29 is 9.94 Å². The lowest BCUT2D eigenvalue weighted by Crippen LogP contribution is -2.21. The summed E-state index contributed by atoms with van der Waals surface area (Å²) in [5.74, 6) is 0.998. The van der Waals surface area contributed by atoms with Gasteiger partial charge in [0.2, 0.25) is 0 Å². The van der Waals surface area contributed by atoms with Gasteiger partial charge in [-0.05, 0) is 25.7 Å². The number of oxime groups is 1. The first kappa shape index (κ1) is 9.32. The Labute approximate surface area is 72.4 Å². The Morgan fingerprint density at radius 2 is 2.42 bits per heavy atom. The van der Waals surface area contributed by atoms with Crippen molar-refractivity contribution in [2.24, 2.45) is 16.8 Å². The third kappa shape index (κ3) is 3.57. The third-order valence-electron chi connectivity index (χ3n) is 1.94. The van der Waals surface area contributed by atoms with Gasteiger partial charge in [-0.3, -0.25) is 0 Å². The number of amidine groups is 1. The molecule has 1 unspecified atom stereocenters. The van der Waals surface area contributed by atoms with Crippen LogP contribution in [0.25, 0.3) is 0 Å². The van der Waals surface area contributed by atoms with Gasteiger partial charge in [-0.25, -0.2) is 0 Å². The maximum atomic E-state index is 8.28. The summed E-state index contributed by atoms with van der Waals surface area (Å²) < 4.78 is 5.47. The minimum absolute atomic E-state index is 0.0569. The lowest BCUT2D eigenvalue weighted by atomic mass is 10.2. The molecule has 1 aliphatic carbocycles. The topological polar surface area (TPSA) is 67.8 Å². The van der Waals surface area contributed by atoms with Crippen LogP contribution in [-0.4, -0.2) is 23.8 Å². The Kier molecular flexibility index (Phi) is 3.34. The van der Waals surface area contributed by atoms with Crippen molar-refractivity contribution >= 4 is 5.84 Å². The molecule has 0 aromatic heterocycles. The van der Waals surface area contributed by atoms with Gasteiger partial charge in [0, 0.05) is 13.0 Å². The summed E-state index contributed by atoms with van der Waals surface area (Å²) in [5.41, 5.74) is 5.32. The molecule has 0 bridgehead atoms. The number of hydrogen-bond acceptors (Lipinski definition) is 3. The Morgan fingerprint density at radius 1 is 1.75 bits per heavy atom. The highest BCUT2D eigenvalue weighted by molar-refractivity contribution is 5.79. The zero-order valence-corrected chi connectivity index (χ0v) is 7.36. The summed E-state index contributed by atoms with van der Waals surface area (Å²) in [6.07, 6.45) is 3.14. The molecular formula is C8H16N2O2. The largest absolute Gasteiger partial charge is 0.409 e. The van der Waals surface area contributed by atoms with Crippen LogP contribution in [-0.2, 0) is 4.74 Å². The fourth-order valence-electron chi connectivity index (χ4n) is 0.979. The second-order valence-corrected chi connectivity index (χ2v) is 3.38. The normalized spacial score (nSPS) is 20.9. The van der Waals surface area contributed by atoms with E-state index in [2.05, 4.69) is 5.16 Å². The van der Waals surface area contributed by atoms with Crippen LogP contribution in [0.2, 0.25) is 0 Å². The quantitative estimate of drug-likeness (QED) is 0.280. The summed E-state index contributed by atoms with van der Waals surface area (Å²) in [6.45, 7) is 2.75. The summed E-state index contributed by atoms with van der Waals surface area (Å²) in [4.78, 5) is 0. The van der Waals surface area contributed by atoms with E-state index in [4.69, 9.17) is 15.7 Å². The summed E-state index contributed by atoms with van der Waals surface area (Å²) in [5, 5.41) is 11.2. The van der Waals surface area contributed by atoms with Crippen molar-refractivity contribution in [3.05, 3.63) is 0 Å². The molecule has 1 rings (SSSR count). The van der Waals surface area contributed by atoms with E-state index in [-0.39, 0.29) is 11.9 Å². The third-order valence-corrected chi connectivity index (χ3v) is 1.94. The fraction of sp³-hybridized carbons (Fsp3) is 0.875. The van der Waals surface area contributed by atoms with Crippen LogP contribution in [0, 0.1) is 5.92 Å². The molecule has 0 aromatic rings. The number of nitrogens with zero attached hydrogens (tertiary/aromatic N) is 1. The summed E-state index contributed by atoms with van der Waals surface area (Å²) in [7, 11) is 0. The smallest absolute Gasteiger partial charge is 0.141 e. The van der Waals surface area contributed by atoms with E-state index in [9.17, 15) is 0 Å². The van der Waals surface area contributed by atoms with E-state index < -0.39 is 0 Å². The highest BCUT2D eigenvalue weighted by Crippen LogP contribution is 2.29. The van der Waals surface area contributed by atoms with E-state index in [0.29, 0.717) is 6.42 Å². The second kappa shape index (κ2) is 4.30. The van der Waals surface area contributed by atoms with Gasteiger partial charge in [-0.1, -0.05) is 5.16 Å². The van der Waals surface area contributed by atoms with E-state index >= 15 is 0 Å². The van der Waals surface area contributed by atoms with Gasteiger partial charge in [0.25, 0.3) is 0 Å². The number of ether oxygens (including phenoxy) is 1. The molecule has 4 heteroatoms. The van der Waals surface area contributed by atoms with Crippen LogP contribution < -0.4 is 5.73 Å². The Morgan fingerprint density at radius 3 is 2.92 bits per heavy atom. The van der Waals surface area contributed by atoms with E-state index in [1.807, 2.05) is 6.92 Å². The molecule has 1 atom stereocenters. The van der Waals surface area contributed by atoms with E-state index in [1.54, 1.807) is 0 Å². The minimum atomic E-state index is 0.0569. The molecule has 1 aliphatic rings. The SMILES string of the molecule is CC(CC(N)=NO)OCC1CC1. The van der Waals surface area contributed by atoms with Gasteiger partial charge in [0.05, 0.1) is 6.10 Å². The summed E-state index contributed by atoms with van der Waals surface area (Å²) >= 11 is 0. The van der Waals surface area contributed by atoms with Crippen molar-refractivity contribution in [3.63, 3.8) is 0 Å². The first-order chi connectivity index (χ1) is 5.72. The van der Waals surface area contributed by atoms with Gasteiger partial charge < -0.3 is 15.7 Å². The minimum Gasteiger partial charge on any atom is -0.409 e.